The summed E-state index contributed by atoms with van der Waals surface area (Å²) in [6, 6.07) is 12.0. The zero-order valence-corrected chi connectivity index (χ0v) is 17.4. The summed E-state index contributed by atoms with van der Waals surface area (Å²) >= 11 is 6.23. The van der Waals surface area contributed by atoms with Gasteiger partial charge in [-0.15, -0.1) is 0 Å². The molecule has 3 aromatic rings. The largest absolute Gasteiger partial charge is 0.495 e. The topological polar surface area (TPSA) is 78.3 Å². The number of benzene rings is 2. The fraction of sp³-hybridized carbons (Fsp3) is 0.261. The Kier molecular flexibility index (Phi) is 4.80. The summed E-state index contributed by atoms with van der Waals surface area (Å²) in [6.45, 7) is 0.377. The maximum Gasteiger partial charge on any atom is 0.219 e. The number of carbonyl (C=O) groups is 1. The molecule has 1 aromatic heterocycles. The molecule has 0 fully saturated rings. The van der Waals surface area contributed by atoms with E-state index in [0.29, 0.717) is 58.0 Å². The summed E-state index contributed by atoms with van der Waals surface area (Å²) in [5.41, 5.74) is 3.49. The third-order valence-electron chi connectivity index (χ3n) is 5.20. The number of halogens is 1. The van der Waals surface area contributed by atoms with Crippen LogP contribution in [0.25, 0.3) is 10.9 Å². The first-order valence-corrected chi connectivity index (χ1v) is 9.84. The van der Waals surface area contributed by atoms with Crippen molar-refractivity contribution in [1.82, 2.24) is 9.88 Å². The second-order valence-corrected chi connectivity index (χ2v) is 7.45. The average molecular weight is 423 g/mol. The van der Waals surface area contributed by atoms with Gasteiger partial charge in [0, 0.05) is 49.6 Å². The van der Waals surface area contributed by atoms with Crippen molar-refractivity contribution in [3.8, 4) is 11.8 Å². The van der Waals surface area contributed by atoms with Crippen molar-refractivity contribution in [2.24, 2.45) is 0 Å². The van der Waals surface area contributed by atoms with Crippen LogP contribution in [0.3, 0.4) is 0 Å². The van der Waals surface area contributed by atoms with Crippen molar-refractivity contribution in [2.45, 2.75) is 26.4 Å². The number of nitrogens with zero attached hydrogens (tertiary/aromatic N) is 3. The summed E-state index contributed by atoms with van der Waals surface area (Å²) in [5.74, 6) is 0.395. The Morgan fingerprint density at radius 3 is 2.93 bits per heavy atom. The van der Waals surface area contributed by atoms with Crippen molar-refractivity contribution in [3.05, 3.63) is 63.8 Å². The Morgan fingerprint density at radius 1 is 1.40 bits per heavy atom. The van der Waals surface area contributed by atoms with Gasteiger partial charge < -0.3 is 15.0 Å². The second-order valence-electron chi connectivity index (χ2n) is 7.05. The lowest BCUT2D eigenvalue weighted by molar-refractivity contribution is -0.129. The van der Waals surface area contributed by atoms with E-state index < -0.39 is 6.50 Å². The zero-order chi connectivity index (χ0) is 23.0. The lowest BCUT2D eigenvalue weighted by Gasteiger charge is -2.30. The van der Waals surface area contributed by atoms with Gasteiger partial charge in [0.25, 0.3) is 0 Å². The number of pyridine rings is 1. The van der Waals surface area contributed by atoms with Crippen LogP contribution >= 0.6 is 11.6 Å². The molecule has 152 valence electrons. The molecule has 0 unspecified atom stereocenters. The van der Waals surface area contributed by atoms with E-state index in [1.165, 1.54) is 20.1 Å². The van der Waals surface area contributed by atoms with Crippen molar-refractivity contribution >= 4 is 34.1 Å². The highest BCUT2D eigenvalue weighted by molar-refractivity contribution is 6.32. The molecule has 0 saturated carbocycles. The molecule has 0 spiro atoms. The lowest BCUT2D eigenvalue weighted by Crippen LogP contribution is -2.35. The number of hydrogen-bond donors (Lipinski definition) is 1. The smallest absolute Gasteiger partial charge is 0.219 e. The van der Waals surface area contributed by atoms with E-state index >= 15 is 0 Å². The normalized spacial score (nSPS) is 14.4. The summed E-state index contributed by atoms with van der Waals surface area (Å²) in [4.78, 5) is 18.5. The highest BCUT2D eigenvalue weighted by Crippen LogP contribution is 2.34. The van der Waals surface area contributed by atoms with Gasteiger partial charge in [0.05, 0.1) is 37.7 Å². The number of ether oxygens (including phenoxy) is 1. The highest BCUT2D eigenvalue weighted by Gasteiger charge is 2.24. The predicted octanol–water partition coefficient (Wildman–Crippen LogP) is 4.29. The molecule has 1 aliphatic rings. The minimum absolute atomic E-state index is 0.0579. The van der Waals surface area contributed by atoms with Gasteiger partial charge in [-0.3, -0.25) is 9.78 Å². The summed E-state index contributed by atoms with van der Waals surface area (Å²) < 4.78 is 22.7. The number of hydrogen-bond acceptors (Lipinski definition) is 5. The standard InChI is InChI=1S/C23H21ClN4O2/c1-14(29)28-8-7-21-18(13-28)23(17-9-15(11-25)3-5-20(17)27-21)26-12-16-4-6-22(30-2)19(24)10-16/h3-6,9-10H,7-8,12-13H2,1-2H3,(H,26,27)/i12D2. The van der Waals surface area contributed by atoms with Crippen LogP contribution in [0.4, 0.5) is 5.69 Å². The number of methoxy groups -OCH3 is 1. The fourth-order valence-electron chi connectivity index (χ4n) is 3.60. The summed E-state index contributed by atoms with van der Waals surface area (Å²) in [5, 5.41) is 13.3. The molecule has 1 amide bonds. The van der Waals surface area contributed by atoms with Crippen molar-refractivity contribution in [1.29, 1.82) is 5.26 Å². The maximum atomic E-state index is 12.0. The molecule has 0 saturated heterocycles. The van der Waals surface area contributed by atoms with Gasteiger partial charge in [-0.2, -0.15) is 5.26 Å². The third kappa shape index (κ3) is 3.77. The SMILES string of the molecule is [2H]C([2H])(Nc1c2c(nc3ccc(C#N)cc13)CCN(C(C)=O)C2)c1ccc(OC)c(Cl)c1. The molecule has 2 heterocycles. The first kappa shape index (κ1) is 17.5. The molecular formula is C23H21ClN4O2. The monoisotopic (exact) mass is 422 g/mol. The van der Waals surface area contributed by atoms with Crippen molar-refractivity contribution in [3.63, 3.8) is 0 Å². The minimum Gasteiger partial charge on any atom is -0.495 e. The number of fused-ring (bicyclic) bond motifs is 2. The first-order valence-electron chi connectivity index (χ1n) is 10.5. The number of carbonyl (C=O) groups excluding carboxylic acids is 1. The number of aromatic nitrogens is 1. The number of nitriles is 1. The number of amides is 1. The van der Waals surface area contributed by atoms with Gasteiger partial charge in [0.1, 0.15) is 5.75 Å². The predicted molar refractivity (Wildman–Crippen MR) is 117 cm³/mol. The Labute approximate surface area is 182 Å². The molecule has 0 radical (unpaired) electrons. The second kappa shape index (κ2) is 8.21. The number of anilines is 1. The summed E-state index contributed by atoms with van der Waals surface area (Å²) in [7, 11) is 1.50. The van der Waals surface area contributed by atoms with Crippen LogP contribution in [0.2, 0.25) is 5.02 Å². The van der Waals surface area contributed by atoms with E-state index in [0.717, 1.165) is 11.3 Å². The van der Waals surface area contributed by atoms with Crippen LogP contribution < -0.4 is 10.1 Å². The maximum absolute atomic E-state index is 12.0. The molecular weight excluding hydrogens is 400 g/mol. The molecule has 0 bridgehead atoms. The van der Waals surface area contributed by atoms with Crippen LogP contribution in [0.5, 0.6) is 5.75 Å². The van der Waals surface area contributed by atoms with Gasteiger partial charge in [-0.1, -0.05) is 17.7 Å². The Bertz CT molecular complexity index is 1270. The van der Waals surface area contributed by atoms with Gasteiger partial charge in [0.15, 0.2) is 0 Å². The molecule has 30 heavy (non-hydrogen) atoms. The van der Waals surface area contributed by atoms with Crippen LogP contribution in [0, 0.1) is 11.3 Å². The highest BCUT2D eigenvalue weighted by atomic mass is 35.5. The molecule has 2 aromatic carbocycles. The summed E-state index contributed by atoms with van der Waals surface area (Å²) in [6.07, 6.45) is 0.566. The molecule has 1 N–H and O–H groups in total. The lowest BCUT2D eigenvalue weighted by atomic mass is 9.98. The van der Waals surface area contributed by atoms with E-state index in [1.807, 2.05) is 0 Å². The van der Waals surface area contributed by atoms with Gasteiger partial charge >= 0.3 is 0 Å². The molecule has 1 aliphatic heterocycles. The van der Waals surface area contributed by atoms with Crippen molar-refractivity contribution < 1.29 is 12.3 Å². The molecule has 0 atom stereocenters. The van der Waals surface area contributed by atoms with Crippen molar-refractivity contribution in [2.75, 3.05) is 19.0 Å². The Balaban J connectivity index is 1.87. The Hall–Kier alpha value is -3.30. The quantitative estimate of drug-likeness (QED) is 0.678. The fourth-order valence-corrected chi connectivity index (χ4v) is 3.86. The molecule has 0 aliphatic carbocycles. The van der Waals surface area contributed by atoms with E-state index in [-0.39, 0.29) is 5.91 Å². The van der Waals surface area contributed by atoms with Gasteiger partial charge in [-0.25, -0.2) is 0 Å². The first-order chi connectivity index (χ1) is 15.2. The van der Waals surface area contributed by atoms with E-state index in [2.05, 4.69) is 11.4 Å². The van der Waals surface area contributed by atoms with Gasteiger partial charge in [0.2, 0.25) is 5.91 Å². The van der Waals surface area contributed by atoms with Crippen LogP contribution in [0.15, 0.2) is 36.4 Å². The molecule has 4 rings (SSSR count). The number of rotatable bonds is 4. The number of nitrogens with one attached hydrogen (secondary N) is 1. The zero-order valence-electron chi connectivity index (χ0n) is 18.6. The Morgan fingerprint density at radius 2 is 2.23 bits per heavy atom. The minimum atomic E-state index is -2.00. The van der Waals surface area contributed by atoms with Crippen LogP contribution in [-0.2, 0) is 24.3 Å². The van der Waals surface area contributed by atoms with Crippen LogP contribution in [-0.4, -0.2) is 29.4 Å². The van der Waals surface area contributed by atoms with E-state index in [1.54, 1.807) is 35.2 Å². The molecule has 7 heteroatoms. The van der Waals surface area contributed by atoms with Crippen LogP contribution in [0.1, 0.15) is 32.0 Å². The molecule has 6 nitrogen and oxygen atoms in total. The van der Waals surface area contributed by atoms with Gasteiger partial charge in [-0.05, 0) is 35.9 Å². The van der Waals surface area contributed by atoms with E-state index in [9.17, 15) is 10.1 Å². The third-order valence-corrected chi connectivity index (χ3v) is 5.49. The average Bonchev–Trinajstić information content (AvgIpc) is 2.78. The van der Waals surface area contributed by atoms with E-state index in [4.69, 9.17) is 24.1 Å².